The Kier molecular flexibility index (Phi) is 1.73. The molecule has 1 heterocycles. The third kappa shape index (κ3) is 1.06. The summed E-state index contributed by atoms with van der Waals surface area (Å²) in [5.74, 6) is 0.405. The largest absolute Gasteiger partial charge is 0.493 e. The second-order valence-electron chi connectivity index (χ2n) is 2.85. The minimum Gasteiger partial charge on any atom is -0.493 e. The van der Waals surface area contributed by atoms with Gasteiger partial charge in [0.05, 0.1) is 6.61 Å². The number of benzene rings is 1. The summed E-state index contributed by atoms with van der Waals surface area (Å²) >= 11 is 0. The summed E-state index contributed by atoms with van der Waals surface area (Å²) in [6, 6.07) is 3.21. The van der Waals surface area contributed by atoms with Crippen LogP contribution in [0.2, 0.25) is 0 Å². The Bertz CT molecular complexity index is 311. The van der Waals surface area contributed by atoms with E-state index in [9.17, 15) is 4.39 Å². The zero-order chi connectivity index (χ0) is 8.55. The molecule has 2 N–H and O–H groups in total. The van der Waals surface area contributed by atoms with Crippen LogP contribution in [0.25, 0.3) is 0 Å². The molecule has 64 valence electrons. The third-order valence-electron chi connectivity index (χ3n) is 2.08. The van der Waals surface area contributed by atoms with E-state index in [4.69, 9.17) is 10.5 Å². The molecule has 1 aliphatic heterocycles. The highest BCUT2D eigenvalue weighted by Crippen LogP contribution is 2.27. The molecular formula is C9H10FNO. The highest BCUT2D eigenvalue weighted by atomic mass is 19.1. The van der Waals surface area contributed by atoms with Gasteiger partial charge in [-0.2, -0.15) is 0 Å². The maximum absolute atomic E-state index is 13.1. The predicted molar refractivity (Wildman–Crippen MR) is 43.5 cm³/mol. The van der Waals surface area contributed by atoms with Gasteiger partial charge in [0.1, 0.15) is 11.6 Å². The highest BCUT2D eigenvalue weighted by molar-refractivity contribution is 5.40. The molecule has 0 aromatic heterocycles. The first kappa shape index (κ1) is 7.55. The molecule has 0 bridgehead atoms. The number of nitrogens with two attached hydrogens (primary N) is 1. The molecule has 1 aliphatic rings. The number of ether oxygens (including phenoxy) is 1. The van der Waals surface area contributed by atoms with Gasteiger partial charge in [0.15, 0.2) is 0 Å². The van der Waals surface area contributed by atoms with Crippen LogP contribution in [0.5, 0.6) is 5.75 Å². The van der Waals surface area contributed by atoms with E-state index in [-0.39, 0.29) is 12.4 Å². The molecule has 0 spiro atoms. The van der Waals surface area contributed by atoms with E-state index in [1.807, 2.05) is 0 Å². The van der Waals surface area contributed by atoms with Gasteiger partial charge >= 0.3 is 0 Å². The van der Waals surface area contributed by atoms with Gasteiger partial charge < -0.3 is 10.5 Å². The van der Waals surface area contributed by atoms with E-state index in [2.05, 4.69) is 0 Å². The summed E-state index contributed by atoms with van der Waals surface area (Å²) in [6.07, 6.45) is 0.864. The van der Waals surface area contributed by atoms with E-state index in [0.717, 1.165) is 12.0 Å². The lowest BCUT2D eigenvalue weighted by Crippen LogP contribution is -2.00. The van der Waals surface area contributed by atoms with Crippen molar-refractivity contribution in [2.45, 2.75) is 13.0 Å². The molecule has 0 radical (unpaired) electrons. The average molecular weight is 167 g/mol. The molecule has 0 amide bonds. The Labute approximate surface area is 70.1 Å². The number of hydrogen-bond acceptors (Lipinski definition) is 2. The summed E-state index contributed by atoms with van der Waals surface area (Å²) in [5, 5.41) is 0. The fourth-order valence-electron chi connectivity index (χ4n) is 1.41. The van der Waals surface area contributed by atoms with Gasteiger partial charge in [0.2, 0.25) is 0 Å². The van der Waals surface area contributed by atoms with Crippen LogP contribution in [0.1, 0.15) is 11.1 Å². The second-order valence-corrected chi connectivity index (χ2v) is 2.85. The molecule has 0 aliphatic carbocycles. The van der Waals surface area contributed by atoms with Crippen LogP contribution in [-0.2, 0) is 13.0 Å². The average Bonchev–Trinajstić information content (AvgIpc) is 2.49. The van der Waals surface area contributed by atoms with E-state index < -0.39 is 0 Å². The third-order valence-corrected chi connectivity index (χ3v) is 2.08. The Hall–Kier alpha value is -1.09. The van der Waals surface area contributed by atoms with Crippen molar-refractivity contribution in [3.05, 3.63) is 29.1 Å². The molecule has 0 fully saturated rings. The van der Waals surface area contributed by atoms with Crippen molar-refractivity contribution in [1.29, 1.82) is 0 Å². The van der Waals surface area contributed by atoms with Crippen LogP contribution < -0.4 is 10.5 Å². The van der Waals surface area contributed by atoms with Gasteiger partial charge in [-0.3, -0.25) is 0 Å². The van der Waals surface area contributed by atoms with Crippen LogP contribution in [0.3, 0.4) is 0 Å². The predicted octanol–water partition coefficient (Wildman–Crippen LogP) is 1.22. The first-order chi connectivity index (χ1) is 5.81. The normalized spacial score (nSPS) is 14.2. The molecule has 0 saturated heterocycles. The second kappa shape index (κ2) is 2.75. The smallest absolute Gasteiger partial charge is 0.131 e. The van der Waals surface area contributed by atoms with Gasteiger partial charge in [0, 0.05) is 24.6 Å². The fraction of sp³-hybridized carbons (Fsp3) is 0.333. The van der Waals surface area contributed by atoms with Crippen molar-refractivity contribution in [2.75, 3.05) is 6.61 Å². The minimum absolute atomic E-state index is 0.249. The SMILES string of the molecule is NCc1cc2c(cc1F)OCC2. The van der Waals surface area contributed by atoms with Crippen LogP contribution in [0.15, 0.2) is 12.1 Å². The van der Waals surface area contributed by atoms with Crippen molar-refractivity contribution in [2.24, 2.45) is 5.73 Å². The molecule has 3 heteroatoms. The van der Waals surface area contributed by atoms with Gasteiger partial charge in [-0.25, -0.2) is 4.39 Å². The number of fused-ring (bicyclic) bond motifs is 1. The molecule has 2 rings (SSSR count). The van der Waals surface area contributed by atoms with Crippen LogP contribution in [-0.4, -0.2) is 6.61 Å². The van der Waals surface area contributed by atoms with Gasteiger partial charge in [-0.15, -0.1) is 0 Å². The number of rotatable bonds is 1. The number of hydrogen-bond donors (Lipinski definition) is 1. The van der Waals surface area contributed by atoms with Crippen molar-refractivity contribution in [1.82, 2.24) is 0 Å². The topological polar surface area (TPSA) is 35.2 Å². The zero-order valence-corrected chi connectivity index (χ0v) is 6.64. The summed E-state index contributed by atoms with van der Waals surface area (Å²) in [4.78, 5) is 0. The fourth-order valence-corrected chi connectivity index (χ4v) is 1.41. The zero-order valence-electron chi connectivity index (χ0n) is 6.64. The van der Waals surface area contributed by atoms with Crippen molar-refractivity contribution < 1.29 is 9.13 Å². The lowest BCUT2D eigenvalue weighted by atomic mass is 10.1. The summed E-state index contributed by atoms with van der Waals surface area (Å²) in [7, 11) is 0. The Morgan fingerprint density at radius 2 is 2.33 bits per heavy atom. The molecule has 0 atom stereocenters. The van der Waals surface area contributed by atoms with Gasteiger partial charge in [0.25, 0.3) is 0 Å². The van der Waals surface area contributed by atoms with E-state index >= 15 is 0 Å². The maximum atomic E-state index is 13.1. The summed E-state index contributed by atoms with van der Waals surface area (Å²) in [5.41, 5.74) is 7.00. The van der Waals surface area contributed by atoms with E-state index in [0.29, 0.717) is 17.9 Å². The van der Waals surface area contributed by atoms with Gasteiger partial charge in [-0.05, 0) is 11.6 Å². The first-order valence-electron chi connectivity index (χ1n) is 3.95. The van der Waals surface area contributed by atoms with E-state index in [1.165, 1.54) is 6.07 Å². The molecule has 2 nitrogen and oxygen atoms in total. The van der Waals surface area contributed by atoms with Crippen molar-refractivity contribution >= 4 is 0 Å². The van der Waals surface area contributed by atoms with Crippen LogP contribution in [0.4, 0.5) is 4.39 Å². The van der Waals surface area contributed by atoms with E-state index in [1.54, 1.807) is 6.07 Å². The molecule has 12 heavy (non-hydrogen) atoms. The summed E-state index contributed by atoms with van der Waals surface area (Å²) in [6.45, 7) is 0.905. The molecule has 1 aromatic carbocycles. The number of halogens is 1. The molecule has 1 aromatic rings. The lowest BCUT2D eigenvalue weighted by molar-refractivity contribution is 0.355. The monoisotopic (exact) mass is 167 g/mol. The minimum atomic E-state index is -0.266. The standard InChI is InChI=1S/C9H10FNO/c10-8-4-9-6(1-2-12-9)3-7(8)5-11/h3-4H,1-2,5,11H2. The van der Waals surface area contributed by atoms with Crippen molar-refractivity contribution in [3.8, 4) is 5.75 Å². The molecule has 0 saturated carbocycles. The van der Waals surface area contributed by atoms with Crippen molar-refractivity contribution in [3.63, 3.8) is 0 Å². The lowest BCUT2D eigenvalue weighted by Gasteiger charge is -2.02. The molecule has 0 unspecified atom stereocenters. The first-order valence-corrected chi connectivity index (χ1v) is 3.95. The molecular weight excluding hydrogens is 157 g/mol. The quantitative estimate of drug-likeness (QED) is 0.682. The van der Waals surface area contributed by atoms with Gasteiger partial charge in [-0.1, -0.05) is 0 Å². The summed E-state index contributed by atoms with van der Waals surface area (Å²) < 4.78 is 18.3. The Balaban J connectivity index is 2.49. The Morgan fingerprint density at radius 1 is 1.50 bits per heavy atom. The van der Waals surface area contributed by atoms with Crippen LogP contribution >= 0.6 is 0 Å². The van der Waals surface area contributed by atoms with Crippen LogP contribution in [0, 0.1) is 5.82 Å². The Morgan fingerprint density at radius 3 is 3.08 bits per heavy atom. The maximum Gasteiger partial charge on any atom is 0.131 e. The highest BCUT2D eigenvalue weighted by Gasteiger charge is 2.14.